The Morgan fingerprint density at radius 2 is 1.90 bits per heavy atom. The van der Waals surface area contributed by atoms with Gasteiger partial charge in [-0.3, -0.25) is 0 Å². The van der Waals surface area contributed by atoms with E-state index in [9.17, 15) is 4.79 Å². The van der Waals surface area contributed by atoms with Crippen LogP contribution in [0, 0.1) is 0 Å². The van der Waals surface area contributed by atoms with Crippen LogP contribution < -0.4 is 0 Å². The van der Waals surface area contributed by atoms with Crippen molar-refractivity contribution in [3.63, 3.8) is 0 Å². The van der Waals surface area contributed by atoms with Crippen LogP contribution in [0.3, 0.4) is 0 Å². The number of benzene rings is 1. The van der Waals surface area contributed by atoms with Gasteiger partial charge in [0.1, 0.15) is 10.2 Å². The van der Waals surface area contributed by atoms with Crippen molar-refractivity contribution in [1.82, 2.24) is 4.98 Å². The van der Waals surface area contributed by atoms with Gasteiger partial charge in [0.2, 0.25) is 0 Å². The zero-order valence-electron chi connectivity index (χ0n) is 11.1. The van der Waals surface area contributed by atoms with Gasteiger partial charge in [0.25, 0.3) is 0 Å². The number of hydrogen-bond acceptors (Lipinski definition) is 3. The summed E-state index contributed by atoms with van der Waals surface area (Å²) in [6.07, 6.45) is 0. The number of hydrogen-bond donors (Lipinski definition) is 1. The fourth-order valence-corrected chi connectivity index (χ4v) is 2.79. The monoisotopic (exact) mass is 307 g/mol. The van der Waals surface area contributed by atoms with E-state index in [1.54, 1.807) is 0 Å². The number of carboxylic acids is 1. The molecule has 104 valence electrons. The van der Waals surface area contributed by atoms with E-state index >= 15 is 0 Å². The van der Waals surface area contributed by atoms with Crippen LogP contribution in [0.2, 0.25) is 5.15 Å². The second kappa shape index (κ2) is 6.29. The largest absolute Gasteiger partial charge is 0.478 e. The van der Waals surface area contributed by atoms with Crippen molar-refractivity contribution in [2.45, 2.75) is 29.7 Å². The van der Waals surface area contributed by atoms with Crippen molar-refractivity contribution in [3.8, 4) is 0 Å². The van der Waals surface area contributed by atoms with Crippen LogP contribution in [0.4, 0.5) is 0 Å². The number of carboxylic acid groups (broad SMARTS) is 1. The molecule has 1 N–H and O–H groups in total. The maximum Gasteiger partial charge on any atom is 0.335 e. The molecule has 0 bridgehead atoms. The Balaban J connectivity index is 2.23. The normalized spacial score (nSPS) is 10.8. The molecule has 0 fully saturated rings. The Bertz CT molecular complexity index is 626. The molecule has 1 aromatic heterocycles. The molecule has 0 saturated carbocycles. The highest BCUT2D eigenvalue weighted by Crippen LogP contribution is 2.29. The number of pyridine rings is 1. The molecular weight excluding hydrogens is 294 g/mol. The van der Waals surface area contributed by atoms with E-state index in [4.69, 9.17) is 16.7 Å². The van der Waals surface area contributed by atoms with Crippen molar-refractivity contribution in [3.05, 3.63) is 52.7 Å². The first kappa shape index (κ1) is 14.9. The van der Waals surface area contributed by atoms with Crippen LogP contribution in [-0.2, 0) is 0 Å². The summed E-state index contributed by atoms with van der Waals surface area (Å²) in [4.78, 5) is 16.1. The maximum atomic E-state index is 11.0. The lowest BCUT2D eigenvalue weighted by atomic mass is 10.0. The van der Waals surface area contributed by atoms with E-state index in [0.717, 1.165) is 4.90 Å². The summed E-state index contributed by atoms with van der Waals surface area (Å²) in [6.45, 7) is 4.28. The summed E-state index contributed by atoms with van der Waals surface area (Å²) in [5.41, 5.74) is 1.41. The third-order valence-corrected chi connectivity index (χ3v) is 3.91. The van der Waals surface area contributed by atoms with Crippen LogP contribution >= 0.6 is 23.4 Å². The van der Waals surface area contributed by atoms with Crippen LogP contribution in [0.1, 0.15) is 35.7 Å². The van der Waals surface area contributed by atoms with Gasteiger partial charge in [-0.15, -0.1) is 0 Å². The highest BCUT2D eigenvalue weighted by atomic mass is 35.5. The molecule has 1 heterocycles. The molecule has 5 heteroatoms. The topological polar surface area (TPSA) is 50.2 Å². The molecule has 3 nitrogen and oxygen atoms in total. The van der Waals surface area contributed by atoms with Crippen molar-refractivity contribution in [1.29, 1.82) is 0 Å². The minimum absolute atomic E-state index is 0.145. The lowest BCUT2D eigenvalue weighted by molar-refractivity contribution is 0.0696. The van der Waals surface area contributed by atoms with Crippen LogP contribution in [0.5, 0.6) is 0 Å². The third kappa shape index (κ3) is 3.74. The van der Waals surface area contributed by atoms with Crippen LogP contribution in [-0.4, -0.2) is 16.1 Å². The maximum absolute atomic E-state index is 11.0. The standard InChI is InChI=1S/C15H14ClNO2S/c1-9(2)10-3-5-12(6-4-10)20-14-8-11(15(18)19)7-13(16)17-14/h3-9H,1-2H3,(H,18,19). The molecule has 0 unspecified atom stereocenters. The number of carbonyl (C=O) groups is 1. The van der Waals surface area contributed by atoms with Gasteiger partial charge in [0, 0.05) is 4.90 Å². The first-order chi connectivity index (χ1) is 9.45. The zero-order valence-corrected chi connectivity index (χ0v) is 12.7. The smallest absolute Gasteiger partial charge is 0.335 e. The van der Waals surface area contributed by atoms with E-state index < -0.39 is 5.97 Å². The van der Waals surface area contributed by atoms with Crippen LogP contribution in [0.25, 0.3) is 0 Å². The predicted molar refractivity (Wildman–Crippen MR) is 80.9 cm³/mol. The molecule has 0 spiro atoms. The Hall–Kier alpha value is -1.52. The zero-order chi connectivity index (χ0) is 14.7. The number of aromatic nitrogens is 1. The Morgan fingerprint density at radius 3 is 2.45 bits per heavy atom. The van der Waals surface area contributed by atoms with Gasteiger partial charge >= 0.3 is 5.97 Å². The molecular formula is C15H14ClNO2S. The van der Waals surface area contributed by atoms with E-state index in [1.165, 1.54) is 29.5 Å². The fraction of sp³-hybridized carbons (Fsp3) is 0.200. The van der Waals surface area contributed by atoms with E-state index in [0.29, 0.717) is 10.9 Å². The second-order valence-corrected chi connectivity index (χ2v) is 6.13. The molecule has 2 rings (SSSR count). The molecule has 0 atom stereocenters. The summed E-state index contributed by atoms with van der Waals surface area (Å²) >= 11 is 7.23. The summed E-state index contributed by atoms with van der Waals surface area (Å²) in [7, 11) is 0. The average Bonchev–Trinajstić information content (AvgIpc) is 2.38. The third-order valence-electron chi connectivity index (χ3n) is 2.79. The average molecular weight is 308 g/mol. The molecule has 20 heavy (non-hydrogen) atoms. The SMILES string of the molecule is CC(C)c1ccc(Sc2cc(C(=O)O)cc(Cl)n2)cc1. The lowest BCUT2D eigenvalue weighted by Gasteiger charge is -2.07. The number of rotatable bonds is 4. The minimum atomic E-state index is -1.01. The first-order valence-corrected chi connectivity index (χ1v) is 7.34. The van der Waals surface area contributed by atoms with Crippen molar-refractivity contribution in [2.75, 3.05) is 0 Å². The minimum Gasteiger partial charge on any atom is -0.478 e. The lowest BCUT2D eigenvalue weighted by Crippen LogP contribution is -1.97. The predicted octanol–water partition coefficient (Wildman–Crippen LogP) is 4.71. The van der Waals surface area contributed by atoms with E-state index in [1.807, 2.05) is 12.1 Å². The summed E-state index contributed by atoms with van der Waals surface area (Å²) in [5, 5.41) is 9.76. The van der Waals surface area contributed by atoms with Gasteiger partial charge in [-0.05, 0) is 35.7 Å². The summed E-state index contributed by atoms with van der Waals surface area (Å²) in [5.74, 6) is -0.525. The molecule has 0 amide bonds. The Morgan fingerprint density at radius 1 is 1.25 bits per heavy atom. The van der Waals surface area contributed by atoms with Crippen molar-refractivity contribution in [2.24, 2.45) is 0 Å². The van der Waals surface area contributed by atoms with Crippen molar-refractivity contribution >= 4 is 29.3 Å². The fourth-order valence-electron chi connectivity index (χ4n) is 1.69. The molecule has 0 aliphatic rings. The summed E-state index contributed by atoms with van der Waals surface area (Å²) < 4.78 is 0. The van der Waals surface area contributed by atoms with Gasteiger partial charge in [0.15, 0.2) is 0 Å². The van der Waals surface area contributed by atoms with Gasteiger partial charge in [-0.1, -0.05) is 49.3 Å². The number of halogens is 1. The molecule has 0 aliphatic carbocycles. The van der Waals surface area contributed by atoms with Gasteiger partial charge in [0.05, 0.1) is 5.56 Å². The van der Waals surface area contributed by atoms with Crippen molar-refractivity contribution < 1.29 is 9.90 Å². The second-order valence-electron chi connectivity index (χ2n) is 4.65. The van der Waals surface area contributed by atoms with E-state index in [-0.39, 0.29) is 10.7 Å². The Labute approximate surface area is 127 Å². The Kier molecular flexibility index (Phi) is 4.68. The first-order valence-electron chi connectivity index (χ1n) is 6.14. The molecule has 0 aliphatic heterocycles. The molecule has 2 aromatic rings. The highest BCUT2D eigenvalue weighted by Gasteiger charge is 2.09. The van der Waals surface area contributed by atoms with Crippen LogP contribution in [0.15, 0.2) is 46.3 Å². The molecule has 0 radical (unpaired) electrons. The van der Waals surface area contributed by atoms with Gasteiger partial charge in [-0.2, -0.15) is 0 Å². The number of aromatic carboxylic acids is 1. The van der Waals surface area contributed by atoms with E-state index in [2.05, 4.69) is 31.0 Å². The van der Waals surface area contributed by atoms with Gasteiger partial charge in [-0.25, -0.2) is 9.78 Å². The quantitative estimate of drug-likeness (QED) is 0.831. The highest BCUT2D eigenvalue weighted by molar-refractivity contribution is 7.99. The molecule has 1 aromatic carbocycles. The summed E-state index contributed by atoms with van der Waals surface area (Å²) in [6, 6.07) is 11.0. The number of nitrogens with zero attached hydrogens (tertiary/aromatic N) is 1. The van der Waals surface area contributed by atoms with Gasteiger partial charge < -0.3 is 5.11 Å². The molecule has 0 saturated heterocycles.